The van der Waals surface area contributed by atoms with Crippen LogP contribution in [0.2, 0.25) is 0 Å². The van der Waals surface area contributed by atoms with E-state index in [1.165, 1.54) is 40.9 Å². The minimum absolute atomic E-state index is 0.0207. The number of phenols is 1. The van der Waals surface area contributed by atoms with Crippen LogP contribution in [0.15, 0.2) is 24.3 Å². The smallest absolute Gasteiger partial charge is 0.303 e. The number of primary amides is 1. The van der Waals surface area contributed by atoms with Crippen molar-refractivity contribution >= 4 is 100 Å². The molecule has 1 saturated heterocycles. The highest BCUT2D eigenvalue weighted by molar-refractivity contribution is 7.98. The van der Waals surface area contributed by atoms with Gasteiger partial charge < -0.3 is 89.3 Å². The van der Waals surface area contributed by atoms with Gasteiger partial charge in [-0.25, -0.2) is 0 Å². The summed E-state index contributed by atoms with van der Waals surface area (Å²) in [5.41, 5.74) is 5.66. The minimum Gasteiger partial charge on any atom is -0.508 e. The molecule has 0 spiro atoms. The molecule has 17 N–H and O–H groups in total. The number of aliphatic hydroxyl groups is 2. The fourth-order valence-electron chi connectivity index (χ4n) is 9.04. The number of amides is 12. The number of Topliss-reactive ketones (excluding diaryl/α,β-unsaturated/α-hetero) is 1. The number of hydrogen-bond acceptors (Lipinski definition) is 19. The first-order chi connectivity index (χ1) is 41.7. The van der Waals surface area contributed by atoms with Gasteiger partial charge in [0.1, 0.15) is 60.1 Å². The zero-order valence-electron chi connectivity index (χ0n) is 51.0. The van der Waals surface area contributed by atoms with Gasteiger partial charge in [-0.2, -0.15) is 11.8 Å². The molecule has 12 amide bonds. The maximum absolute atomic E-state index is 14.4. The number of nitrogens with two attached hydrogens (primary N) is 1. The average Bonchev–Trinajstić information content (AvgIpc) is 2.30. The summed E-state index contributed by atoms with van der Waals surface area (Å²) in [6, 6.07) is -9.14. The molecule has 2 rings (SSSR count). The second-order valence-corrected chi connectivity index (χ2v) is 23.3. The first kappa shape index (κ1) is 76.6. The molecule has 1 heterocycles. The van der Waals surface area contributed by atoms with E-state index >= 15 is 0 Å². The molecule has 1 aliphatic heterocycles. The molecule has 1 aliphatic rings. The van der Waals surface area contributed by atoms with Crippen LogP contribution in [0.3, 0.4) is 0 Å². The van der Waals surface area contributed by atoms with Crippen molar-refractivity contribution in [2.75, 3.05) is 38.3 Å². The number of aromatic hydroxyl groups is 1. The van der Waals surface area contributed by atoms with Gasteiger partial charge in [0.25, 0.3) is 5.91 Å². The number of carboxylic acid groups (broad SMARTS) is 2. The molecular weight excluding hydrogens is 1190 g/mol. The van der Waals surface area contributed by atoms with Gasteiger partial charge in [0.15, 0.2) is 0 Å². The molecule has 1 unspecified atom stereocenters. The summed E-state index contributed by atoms with van der Waals surface area (Å²) in [7, 11) is 0. The van der Waals surface area contributed by atoms with E-state index < -0.39 is 200 Å². The van der Waals surface area contributed by atoms with Crippen molar-refractivity contribution in [3.63, 3.8) is 0 Å². The van der Waals surface area contributed by atoms with Crippen LogP contribution in [0.5, 0.6) is 5.75 Å². The van der Waals surface area contributed by atoms with Gasteiger partial charge in [0, 0.05) is 32.7 Å². The lowest BCUT2D eigenvalue weighted by Crippen LogP contribution is -2.61. The molecule has 1 fully saturated rings. The lowest BCUT2D eigenvalue weighted by Gasteiger charge is -2.33. The number of benzene rings is 1. The standard InChI is InChI=1S/C56H86N12O20S/c1-27(2)22-36(46(78)55(87)58-24-41(73)60-35(19-21-89-8)49(81)65-39(26-70)52(84)63-37(23-31-11-13-32(72)14-12-31)51(83)64-38(25-69)47(57)79)62-53(85)40-10-9-20-68(40)56(88)45(29(5)6)67-54(86)44(28(3)4)66-50(82)34(16-18-43(76)77)61-48(80)33(59-30(7)71)15-17-42(74)75/h11-14,27-29,33-40,44-45,69-70,72H,9-10,15-26H2,1-8H3,(H2,57,79)(H,58,87)(H,59,71)(H,60,73)(H,61,80)(H,62,85)(H,63,84)(H,64,83)(H,65,81)(H,66,82)(H,67,86)(H,74,75)(H,76,77)/t33-,34-,35-,36-,37-,38-,39-,40?,44-,45-/m0/s1. The first-order valence-electron chi connectivity index (χ1n) is 28.8. The van der Waals surface area contributed by atoms with Crippen molar-refractivity contribution in [3.8, 4) is 5.75 Å². The number of hydrogen-bond donors (Lipinski definition) is 16. The summed E-state index contributed by atoms with van der Waals surface area (Å²) in [6.45, 7) is 8.03. The van der Waals surface area contributed by atoms with E-state index in [-0.39, 0.29) is 56.1 Å². The van der Waals surface area contributed by atoms with Crippen LogP contribution in [0, 0.1) is 17.8 Å². The van der Waals surface area contributed by atoms with E-state index in [1.807, 2.05) is 0 Å². The number of carbonyl (C=O) groups is 15. The molecule has 1 aromatic rings. The summed E-state index contributed by atoms with van der Waals surface area (Å²) in [4.78, 5) is 198. The van der Waals surface area contributed by atoms with Gasteiger partial charge in [-0.05, 0) is 86.0 Å². The summed E-state index contributed by atoms with van der Waals surface area (Å²) in [5, 5.41) is 71.9. The molecule has 33 heteroatoms. The number of aliphatic carboxylic acids is 2. The Balaban J connectivity index is 2.23. The van der Waals surface area contributed by atoms with Crippen LogP contribution < -0.4 is 58.9 Å². The largest absolute Gasteiger partial charge is 0.508 e. The predicted molar refractivity (Wildman–Crippen MR) is 317 cm³/mol. The number of rotatable bonds is 39. The fourth-order valence-corrected chi connectivity index (χ4v) is 9.51. The van der Waals surface area contributed by atoms with E-state index in [9.17, 15) is 92.3 Å². The number of carboxylic acids is 2. The van der Waals surface area contributed by atoms with E-state index in [4.69, 9.17) is 10.8 Å². The lowest BCUT2D eigenvalue weighted by atomic mass is 9.98. The van der Waals surface area contributed by atoms with Crippen LogP contribution in [-0.4, -0.2) is 218 Å². The van der Waals surface area contributed by atoms with E-state index in [2.05, 4.69) is 53.2 Å². The number of nitrogens with one attached hydrogen (secondary N) is 10. The molecule has 496 valence electrons. The van der Waals surface area contributed by atoms with E-state index in [0.29, 0.717) is 12.0 Å². The van der Waals surface area contributed by atoms with Gasteiger partial charge in [0.2, 0.25) is 70.8 Å². The molecule has 32 nitrogen and oxygen atoms in total. The van der Waals surface area contributed by atoms with Crippen LogP contribution in [0.25, 0.3) is 0 Å². The molecule has 0 aliphatic carbocycles. The Bertz CT molecular complexity index is 2700. The molecule has 0 saturated carbocycles. The minimum atomic E-state index is -1.73. The number of ketones is 1. The number of nitrogens with zero attached hydrogens (tertiary/aromatic N) is 1. The Kier molecular flexibility index (Phi) is 32.8. The maximum Gasteiger partial charge on any atom is 0.303 e. The van der Waals surface area contributed by atoms with Gasteiger partial charge >= 0.3 is 11.9 Å². The Morgan fingerprint density at radius 2 is 1.08 bits per heavy atom. The molecule has 10 atom stereocenters. The van der Waals surface area contributed by atoms with Crippen LogP contribution in [0.4, 0.5) is 0 Å². The number of likely N-dealkylation sites (tertiary alicyclic amines) is 1. The van der Waals surface area contributed by atoms with Gasteiger partial charge in [-0.3, -0.25) is 71.9 Å². The van der Waals surface area contributed by atoms with Gasteiger partial charge in [-0.1, -0.05) is 53.7 Å². The Morgan fingerprint density at radius 3 is 1.58 bits per heavy atom. The van der Waals surface area contributed by atoms with E-state index in [1.54, 1.807) is 47.8 Å². The first-order valence-corrected chi connectivity index (χ1v) is 30.2. The third kappa shape index (κ3) is 26.4. The quantitative estimate of drug-likeness (QED) is 0.0275. The van der Waals surface area contributed by atoms with Crippen LogP contribution in [-0.2, 0) is 78.3 Å². The summed E-state index contributed by atoms with van der Waals surface area (Å²) in [5.74, 6) is -16.9. The highest BCUT2D eigenvalue weighted by atomic mass is 32.2. The lowest BCUT2D eigenvalue weighted by molar-refractivity contribution is -0.144. The highest BCUT2D eigenvalue weighted by Crippen LogP contribution is 2.22. The summed E-state index contributed by atoms with van der Waals surface area (Å²) in [6.07, 6.45) is -0.338. The third-order valence-corrected chi connectivity index (χ3v) is 14.5. The Morgan fingerprint density at radius 1 is 0.596 bits per heavy atom. The molecule has 0 aromatic heterocycles. The molecular formula is C56H86N12O20S. The number of thioether (sulfide) groups is 1. The van der Waals surface area contributed by atoms with Crippen molar-refractivity contribution in [1.82, 2.24) is 58.1 Å². The van der Waals surface area contributed by atoms with Crippen molar-refractivity contribution in [3.05, 3.63) is 29.8 Å². The fraction of sp³-hybridized carbons (Fsp3) is 0.625. The average molecular weight is 1280 g/mol. The summed E-state index contributed by atoms with van der Waals surface area (Å²) < 4.78 is 0. The number of aliphatic hydroxyl groups excluding tert-OH is 2. The molecule has 1 aromatic carbocycles. The van der Waals surface area contributed by atoms with Crippen molar-refractivity contribution in [2.45, 2.75) is 167 Å². The van der Waals surface area contributed by atoms with Gasteiger partial charge in [-0.15, -0.1) is 0 Å². The molecule has 0 radical (unpaired) electrons. The van der Waals surface area contributed by atoms with Crippen LogP contribution >= 0.6 is 11.8 Å². The zero-order valence-corrected chi connectivity index (χ0v) is 51.8. The highest BCUT2D eigenvalue weighted by Gasteiger charge is 2.42. The van der Waals surface area contributed by atoms with Crippen molar-refractivity contribution < 1.29 is 97.5 Å². The van der Waals surface area contributed by atoms with Crippen LogP contribution in [0.1, 0.15) is 105 Å². The molecule has 89 heavy (non-hydrogen) atoms. The zero-order chi connectivity index (χ0) is 67.4. The van der Waals surface area contributed by atoms with Crippen molar-refractivity contribution in [2.24, 2.45) is 23.5 Å². The molecule has 0 bridgehead atoms. The number of carbonyl (C=O) groups excluding carboxylic acids is 13. The number of phenolic OH excluding ortho intramolecular Hbond substituents is 1. The van der Waals surface area contributed by atoms with Crippen molar-refractivity contribution in [1.29, 1.82) is 0 Å². The second-order valence-electron chi connectivity index (χ2n) is 22.3. The van der Waals surface area contributed by atoms with Gasteiger partial charge in [0.05, 0.1) is 25.8 Å². The predicted octanol–water partition coefficient (Wildman–Crippen LogP) is -4.70. The monoisotopic (exact) mass is 1280 g/mol. The normalized spacial score (nSPS) is 15.9. The Hall–Kier alpha value is -8.46. The topological polar surface area (TPSA) is 507 Å². The van der Waals surface area contributed by atoms with E-state index in [0.717, 1.165) is 6.92 Å². The second kappa shape index (κ2) is 38.1. The maximum atomic E-state index is 14.4. The summed E-state index contributed by atoms with van der Waals surface area (Å²) >= 11 is 1.28. The third-order valence-electron chi connectivity index (χ3n) is 13.8. The Labute approximate surface area is 518 Å². The SMILES string of the molecule is CSCC[C@H](NC(=O)CNC(=O)C(=O)[C@H](CC(C)C)NC(=O)C1CCCN1C(=O)[C@@H](NC(=O)[C@@H](NC(=O)[C@H](CCC(=O)O)NC(=O)[C@H](CCC(=O)O)NC(C)=O)C(C)C)C(C)C)C(=O)N[C@@H](CO)C(=O)N[C@@H](Cc1ccc(O)cc1)C(=O)N[C@@H](CO)C(N)=O.